The van der Waals surface area contributed by atoms with E-state index in [4.69, 9.17) is 11.6 Å². The predicted octanol–water partition coefficient (Wildman–Crippen LogP) is 4.33. The molecule has 2 rings (SSSR count). The number of benzene rings is 1. The third-order valence-corrected chi connectivity index (χ3v) is 3.46. The first kappa shape index (κ1) is 15.5. The summed E-state index contributed by atoms with van der Waals surface area (Å²) in [4.78, 5) is 14.5. The van der Waals surface area contributed by atoms with E-state index < -0.39 is 10.7 Å². The van der Waals surface area contributed by atoms with E-state index in [-0.39, 0.29) is 16.5 Å². The van der Waals surface area contributed by atoms with Gasteiger partial charge in [-0.2, -0.15) is 0 Å². The summed E-state index contributed by atoms with van der Waals surface area (Å²) in [5.74, 6) is 0.0316. The van der Waals surface area contributed by atoms with E-state index in [1.54, 1.807) is 7.05 Å². The van der Waals surface area contributed by atoms with Crippen molar-refractivity contribution < 1.29 is 9.31 Å². The number of anilines is 3. The van der Waals surface area contributed by atoms with E-state index in [1.807, 2.05) is 0 Å². The molecular formula is C12H9BrClFN4O2. The van der Waals surface area contributed by atoms with Gasteiger partial charge in [0, 0.05) is 11.5 Å². The van der Waals surface area contributed by atoms with E-state index in [0.29, 0.717) is 16.0 Å². The number of hydrogen-bond donors (Lipinski definition) is 2. The number of pyridine rings is 1. The molecule has 0 amide bonds. The van der Waals surface area contributed by atoms with Crippen molar-refractivity contribution in [1.29, 1.82) is 0 Å². The van der Waals surface area contributed by atoms with Crippen molar-refractivity contribution in [2.75, 3.05) is 17.7 Å². The number of rotatable bonds is 4. The van der Waals surface area contributed by atoms with Crippen molar-refractivity contribution >= 4 is 50.5 Å². The van der Waals surface area contributed by atoms with Crippen LogP contribution in [0.2, 0.25) is 5.02 Å². The van der Waals surface area contributed by atoms with Crippen LogP contribution < -0.4 is 10.6 Å². The summed E-state index contributed by atoms with van der Waals surface area (Å²) in [7, 11) is 1.59. The molecule has 0 aliphatic rings. The predicted molar refractivity (Wildman–Crippen MR) is 82.8 cm³/mol. The number of nitrogens with zero attached hydrogens (tertiary/aromatic N) is 2. The molecule has 21 heavy (non-hydrogen) atoms. The molecule has 2 N–H and O–H groups in total. The number of nitrogens with one attached hydrogen (secondary N) is 2. The molecule has 0 aliphatic carbocycles. The van der Waals surface area contributed by atoms with Gasteiger partial charge in [0.2, 0.25) is 0 Å². The molecule has 0 aliphatic heterocycles. The zero-order valence-corrected chi connectivity index (χ0v) is 13.0. The van der Waals surface area contributed by atoms with Gasteiger partial charge >= 0.3 is 0 Å². The highest BCUT2D eigenvalue weighted by Gasteiger charge is 2.14. The molecule has 0 radical (unpaired) electrons. The van der Waals surface area contributed by atoms with Gasteiger partial charge in [-0.1, -0.05) is 11.6 Å². The summed E-state index contributed by atoms with van der Waals surface area (Å²) >= 11 is 9.13. The highest BCUT2D eigenvalue weighted by atomic mass is 79.9. The number of halogens is 3. The van der Waals surface area contributed by atoms with Crippen LogP contribution in [0.1, 0.15) is 0 Å². The second-order valence-corrected chi connectivity index (χ2v) is 5.23. The van der Waals surface area contributed by atoms with Crippen LogP contribution in [0, 0.1) is 15.9 Å². The van der Waals surface area contributed by atoms with Crippen molar-refractivity contribution in [3.8, 4) is 0 Å². The molecule has 1 aromatic carbocycles. The molecule has 1 heterocycles. The van der Waals surface area contributed by atoms with Crippen molar-refractivity contribution in [3.05, 3.63) is 49.7 Å². The molecule has 2 aromatic rings. The molecule has 0 bridgehead atoms. The fourth-order valence-electron chi connectivity index (χ4n) is 1.60. The summed E-state index contributed by atoms with van der Waals surface area (Å²) in [5, 5.41) is 16.6. The number of aromatic nitrogens is 1. The van der Waals surface area contributed by atoms with Crippen LogP contribution in [0.15, 0.2) is 28.7 Å². The van der Waals surface area contributed by atoms with Gasteiger partial charge in [-0.15, -0.1) is 0 Å². The van der Waals surface area contributed by atoms with Gasteiger partial charge in [0.25, 0.3) is 5.69 Å². The van der Waals surface area contributed by atoms with Crippen LogP contribution in [0.5, 0.6) is 0 Å². The summed E-state index contributed by atoms with van der Waals surface area (Å²) < 4.78 is 13.6. The smallest absolute Gasteiger partial charge is 0.276 e. The monoisotopic (exact) mass is 374 g/mol. The van der Waals surface area contributed by atoms with Crippen LogP contribution in [-0.4, -0.2) is 17.0 Å². The molecule has 0 atom stereocenters. The second-order valence-electron chi connectivity index (χ2n) is 3.97. The highest BCUT2D eigenvalue weighted by molar-refractivity contribution is 9.10. The minimum absolute atomic E-state index is 0.126. The maximum absolute atomic E-state index is 13.2. The van der Waals surface area contributed by atoms with E-state index >= 15 is 0 Å². The van der Waals surface area contributed by atoms with Gasteiger partial charge < -0.3 is 10.6 Å². The van der Waals surface area contributed by atoms with Crippen LogP contribution in [0.4, 0.5) is 27.4 Å². The molecule has 0 saturated heterocycles. The van der Waals surface area contributed by atoms with Crippen molar-refractivity contribution in [2.24, 2.45) is 0 Å². The van der Waals surface area contributed by atoms with E-state index in [9.17, 15) is 14.5 Å². The Bertz CT molecular complexity index is 691. The minimum atomic E-state index is -0.533. The Morgan fingerprint density at radius 1 is 1.33 bits per heavy atom. The van der Waals surface area contributed by atoms with Crippen LogP contribution in [0.25, 0.3) is 0 Å². The van der Waals surface area contributed by atoms with E-state index in [1.165, 1.54) is 18.2 Å². The lowest BCUT2D eigenvalue weighted by atomic mass is 10.3. The Hall–Kier alpha value is -1.93. The highest BCUT2D eigenvalue weighted by Crippen LogP contribution is 2.34. The van der Waals surface area contributed by atoms with Crippen LogP contribution in [-0.2, 0) is 0 Å². The van der Waals surface area contributed by atoms with Gasteiger partial charge in [0.15, 0.2) is 0 Å². The first-order chi connectivity index (χ1) is 9.90. The minimum Gasteiger partial charge on any atom is -0.373 e. The quantitative estimate of drug-likeness (QED) is 0.614. The fraction of sp³-hybridized carbons (Fsp3) is 0.0833. The Morgan fingerprint density at radius 3 is 2.57 bits per heavy atom. The molecule has 0 unspecified atom stereocenters. The lowest BCUT2D eigenvalue weighted by molar-refractivity contribution is -0.384. The van der Waals surface area contributed by atoms with Crippen molar-refractivity contribution in [2.45, 2.75) is 0 Å². The third-order valence-electron chi connectivity index (χ3n) is 2.54. The number of nitro groups is 1. The molecular weight excluding hydrogens is 367 g/mol. The lowest BCUT2D eigenvalue weighted by Gasteiger charge is -2.11. The van der Waals surface area contributed by atoms with Gasteiger partial charge in [0.05, 0.1) is 27.8 Å². The zero-order chi connectivity index (χ0) is 15.6. The Morgan fingerprint density at radius 2 is 2.00 bits per heavy atom. The summed E-state index contributed by atoms with van der Waals surface area (Å²) in [6, 6.07) is 4.91. The summed E-state index contributed by atoms with van der Waals surface area (Å²) in [6.07, 6.45) is 0. The number of hydrogen-bond acceptors (Lipinski definition) is 5. The standard InChI is InChI=1S/C12H9BrClFN4O2/c1-16-10-4-7(19(20)21)5-11(17-10)18-12-8(13)2-6(15)3-9(12)14/h2-5H,1H3,(H2,16,17,18). The van der Waals surface area contributed by atoms with Crippen LogP contribution in [0.3, 0.4) is 0 Å². The third kappa shape index (κ3) is 3.59. The van der Waals surface area contributed by atoms with Gasteiger partial charge in [-0.05, 0) is 28.1 Å². The van der Waals surface area contributed by atoms with Crippen LogP contribution >= 0.6 is 27.5 Å². The maximum Gasteiger partial charge on any atom is 0.276 e. The fourth-order valence-corrected chi connectivity index (χ4v) is 2.50. The Kier molecular flexibility index (Phi) is 4.59. The Balaban J connectivity index is 2.44. The second kappa shape index (κ2) is 6.23. The Labute approximate surface area is 132 Å². The first-order valence-electron chi connectivity index (χ1n) is 5.66. The average molecular weight is 376 g/mol. The normalized spacial score (nSPS) is 10.3. The van der Waals surface area contributed by atoms with Gasteiger partial charge in [0.1, 0.15) is 17.5 Å². The molecule has 0 spiro atoms. The summed E-state index contributed by atoms with van der Waals surface area (Å²) in [6.45, 7) is 0. The first-order valence-corrected chi connectivity index (χ1v) is 6.83. The molecule has 9 heteroatoms. The van der Waals surface area contributed by atoms with Gasteiger partial charge in [-0.25, -0.2) is 9.37 Å². The largest absolute Gasteiger partial charge is 0.373 e. The SMILES string of the molecule is CNc1cc([N+](=O)[O-])cc(Nc2c(Cl)cc(F)cc2Br)n1. The lowest BCUT2D eigenvalue weighted by Crippen LogP contribution is -2.01. The average Bonchev–Trinajstić information content (AvgIpc) is 2.42. The van der Waals surface area contributed by atoms with Crippen molar-refractivity contribution in [3.63, 3.8) is 0 Å². The van der Waals surface area contributed by atoms with E-state index in [2.05, 4.69) is 31.5 Å². The van der Waals surface area contributed by atoms with Gasteiger partial charge in [-0.3, -0.25) is 10.1 Å². The van der Waals surface area contributed by atoms with Crippen molar-refractivity contribution in [1.82, 2.24) is 4.98 Å². The van der Waals surface area contributed by atoms with E-state index in [0.717, 1.165) is 6.07 Å². The zero-order valence-electron chi connectivity index (χ0n) is 10.7. The molecule has 0 saturated carbocycles. The molecule has 1 aromatic heterocycles. The summed E-state index contributed by atoms with van der Waals surface area (Å²) in [5.41, 5.74) is 0.235. The molecule has 0 fully saturated rings. The molecule has 110 valence electrons. The maximum atomic E-state index is 13.2. The topological polar surface area (TPSA) is 80.1 Å². The molecule has 6 nitrogen and oxygen atoms in total.